The third-order valence-electron chi connectivity index (χ3n) is 5.88. The Balaban J connectivity index is 1.35. The highest BCUT2D eigenvalue weighted by Gasteiger charge is 2.18. The van der Waals surface area contributed by atoms with Gasteiger partial charge < -0.3 is 14.1 Å². The van der Waals surface area contributed by atoms with Crippen LogP contribution in [0.5, 0.6) is 0 Å². The van der Waals surface area contributed by atoms with Gasteiger partial charge in [0.1, 0.15) is 5.69 Å². The summed E-state index contributed by atoms with van der Waals surface area (Å²) in [6.45, 7) is 0. The lowest BCUT2D eigenvalue weighted by Crippen LogP contribution is -2.01. The van der Waals surface area contributed by atoms with E-state index in [4.69, 9.17) is 14.1 Å². The molecule has 0 amide bonds. The van der Waals surface area contributed by atoms with Crippen molar-refractivity contribution in [3.63, 3.8) is 0 Å². The highest BCUT2D eigenvalue weighted by molar-refractivity contribution is 7.98. The maximum absolute atomic E-state index is 11.8. The molecule has 6 aromatic rings. The molecule has 0 aliphatic rings. The third-order valence-corrected chi connectivity index (χ3v) is 6.77. The van der Waals surface area contributed by atoms with Crippen LogP contribution >= 0.6 is 11.8 Å². The zero-order valence-electron chi connectivity index (χ0n) is 19.3. The maximum atomic E-state index is 11.8. The van der Waals surface area contributed by atoms with Gasteiger partial charge in [-0.1, -0.05) is 72.4 Å². The fourth-order valence-electron chi connectivity index (χ4n) is 4.18. The Morgan fingerprint density at radius 3 is 2.64 bits per heavy atom. The largest absolute Gasteiger partial charge is 0.465 e. The average Bonchev–Trinajstić information content (AvgIpc) is 3.56. The van der Waals surface area contributed by atoms with Crippen LogP contribution in [0.1, 0.15) is 15.9 Å². The number of aromatic amines is 1. The molecule has 3 aromatic heterocycles. The van der Waals surface area contributed by atoms with Gasteiger partial charge in [-0.2, -0.15) is 0 Å². The van der Waals surface area contributed by atoms with Gasteiger partial charge in [-0.05, 0) is 29.8 Å². The van der Waals surface area contributed by atoms with Crippen molar-refractivity contribution in [2.75, 3.05) is 7.11 Å². The van der Waals surface area contributed by atoms with E-state index in [9.17, 15) is 4.79 Å². The van der Waals surface area contributed by atoms with E-state index in [0.29, 0.717) is 28.1 Å². The number of carbonyl (C=O) groups excluding carboxylic acids is 1. The van der Waals surface area contributed by atoms with Crippen molar-refractivity contribution < 1.29 is 13.9 Å². The molecule has 3 aromatic carbocycles. The fraction of sp³-hybridized carbons (Fsp3) is 0.0714. The van der Waals surface area contributed by atoms with Gasteiger partial charge in [0.05, 0.1) is 23.9 Å². The molecule has 0 atom stereocenters. The zero-order valence-corrected chi connectivity index (χ0v) is 20.1. The van der Waals surface area contributed by atoms with Crippen LogP contribution in [-0.2, 0) is 10.5 Å². The van der Waals surface area contributed by atoms with E-state index in [2.05, 4.69) is 27.3 Å². The molecule has 36 heavy (non-hydrogen) atoms. The number of rotatable bonds is 6. The predicted octanol–water partition coefficient (Wildman–Crippen LogP) is 6.51. The lowest BCUT2D eigenvalue weighted by Gasteiger charge is -2.05. The summed E-state index contributed by atoms with van der Waals surface area (Å²) in [4.78, 5) is 20.2. The number of pyridine rings is 1. The number of nitrogens with zero attached hydrogens (tertiary/aromatic N) is 3. The van der Waals surface area contributed by atoms with E-state index >= 15 is 0 Å². The maximum Gasteiger partial charge on any atom is 0.337 e. The van der Waals surface area contributed by atoms with E-state index in [1.165, 1.54) is 18.9 Å². The van der Waals surface area contributed by atoms with Crippen molar-refractivity contribution in [3.05, 3.63) is 96.1 Å². The number of nitrogens with one attached hydrogen (secondary N) is 1. The normalized spacial score (nSPS) is 11.2. The number of aromatic nitrogens is 4. The minimum atomic E-state index is -0.366. The predicted molar refractivity (Wildman–Crippen MR) is 140 cm³/mol. The molecule has 0 fully saturated rings. The summed E-state index contributed by atoms with van der Waals surface area (Å²) in [7, 11) is 1.37. The number of benzene rings is 3. The number of carbonyl (C=O) groups is 1. The molecule has 0 aliphatic carbocycles. The number of H-pyrrole nitrogens is 1. The number of hydrogen-bond acceptors (Lipinski definition) is 7. The Kier molecular flexibility index (Phi) is 5.71. The van der Waals surface area contributed by atoms with Crippen LogP contribution in [0.25, 0.3) is 44.6 Å². The van der Waals surface area contributed by atoms with E-state index < -0.39 is 0 Å². The Hall–Kier alpha value is -4.43. The SMILES string of the molecule is COC(=O)c1cccc(CSc2nnc(-c3cc4c([nH]c5ccccc54)c(-c4ccccc4)n3)o2)c1. The van der Waals surface area contributed by atoms with Crippen LogP contribution in [0.4, 0.5) is 0 Å². The number of fused-ring (bicyclic) bond motifs is 3. The number of hydrogen-bond donors (Lipinski definition) is 1. The van der Waals surface area contributed by atoms with E-state index in [0.717, 1.165) is 38.6 Å². The fourth-order valence-corrected chi connectivity index (χ4v) is 4.89. The molecule has 1 N–H and O–H groups in total. The lowest BCUT2D eigenvalue weighted by molar-refractivity contribution is 0.0600. The van der Waals surface area contributed by atoms with Crippen LogP contribution in [0.2, 0.25) is 0 Å². The van der Waals surface area contributed by atoms with Crippen molar-refractivity contribution in [3.8, 4) is 22.8 Å². The first-order valence-corrected chi connectivity index (χ1v) is 12.3. The Labute approximate surface area is 210 Å². The number of thioether (sulfide) groups is 1. The standard InChI is InChI=1S/C28H20N4O3S/c1-34-27(33)19-11-7-8-17(14-19)16-36-28-32-31-26(35-28)23-15-21-20-12-5-6-13-22(20)29-25(21)24(30-23)18-9-3-2-4-10-18/h2-15,29H,16H2,1H3. The molecule has 0 saturated carbocycles. The van der Waals surface area contributed by atoms with Crippen molar-refractivity contribution in [1.29, 1.82) is 0 Å². The van der Waals surface area contributed by atoms with Crippen molar-refractivity contribution in [2.24, 2.45) is 0 Å². The Morgan fingerprint density at radius 2 is 1.78 bits per heavy atom. The van der Waals surface area contributed by atoms with Crippen molar-refractivity contribution >= 4 is 39.5 Å². The van der Waals surface area contributed by atoms with Crippen LogP contribution in [0.3, 0.4) is 0 Å². The first-order valence-electron chi connectivity index (χ1n) is 11.3. The monoisotopic (exact) mass is 492 g/mol. The second kappa shape index (κ2) is 9.31. The molecule has 0 saturated heterocycles. The Morgan fingerprint density at radius 1 is 0.944 bits per heavy atom. The number of para-hydroxylation sites is 1. The van der Waals surface area contributed by atoms with E-state index in [1.807, 2.05) is 60.7 Å². The second-order valence-corrected chi connectivity index (χ2v) is 9.10. The van der Waals surface area contributed by atoms with Crippen molar-refractivity contribution in [2.45, 2.75) is 11.0 Å². The van der Waals surface area contributed by atoms with Crippen molar-refractivity contribution in [1.82, 2.24) is 20.2 Å². The first-order chi connectivity index (χ1) is 17.7. The van der Waals surface area contributed by atoms with E-state index in [-0.39, 0.29) is 5.97 Å². The van der Waals surface area contributed by atoms with Gasteiger partial charge in [0, 0.05) is 27.6 Å². The van der Waals surface area contributed by atoms with E-state index in [1.54, 1.807) is 12.1 Å². The first kappa shape index (κ1) is 22.1. The molecule has 3 heterocycles. The summed E-state index contributed by atoms with van der Waals surface area (Å²) in [6.07, 6.45) is 0. The van der Waals surface area contributed by atoms with Crippen LogP contribution < -0.4 is 0 Å². The number of methoxy groups -OCH3 is 1. The molecule has 176 valence electrons. The summed E-state index contributed by atoms with van der Waals surface area (Å²) >= 11 is 1.40. The topological polar surface area (TPSA) is 93.9 Å². The summed E-state index contributed by atoms with van der Waals surface area (Å²) in [5.74, 6) is 0.552. The highest BCUT2D eigenvalue weighted by Crippen LogP contribution is 2.35. The molecule has 6 rings (SSSR count). The van der Waals surface area contributed by atoms with Gasteiger partial charge >= 0.3 is 5.97 Å². The molecule has 8 heteroatoms. The average molecular weight is 493 g/mol. The molecule has 0 bridgehead atoms. The minimum absolute atomic E-state index is 0.352. The molecule has 0 aliphatic heterocycles. The quantitative estimate of drug-likeness (QED) is 0.209. The highest BCUT2D eigenvalue weighted by atomic mass is 32.2. The minimum Gasteiger partial charge on any atom is -0.465 e. The number of ether oxygens (including phenoxy) is 1. The Bertz CT molecular complexity index is 1710. The van der Waals surface area contributed by atoms with Gasteiger partial charge in [-0.3, -0.25) is 0 Å². The summed E-state index contributed by atoms with van der Waals surface area (Å²) in [5, 5.41) is 11.1. The third kappa shape index (κ3) is 4.12. The molecular formula is C28H20N4O3S. The summed E-state index contributed by atoms with van der Waals surface area (Å²) in [6, 6.07) is 27.5. The van der Waals surface area contributed by atoms with Gasteiger partial charge in [0.2, 0.25) is 0 Å². The van der Waals surface area contributed by atoms with Gasteiger partial charge in [0.15, 0.2) is 0 Å². The second-order valence-electron chi connectivity index (χ2n) is 8.17. The molecule has 0 unspecified atom stereocenters. The smallest absolute Gasteiger partial charge is 0.337 e. The number of esters is 1. The van der Waals surface area contributed by atoms with Gasteiger partial charge in [-0.15, -0.1) is 10.2 Å². The van der Waals surface area contributed by atoms with Gasteiger partial charge in [0.25, 0.3) is 11.1 Å². The molecule has 0 radical (unpaired) electrons. The zero-order chi connectivity index (χ0) is 24.5. The van der Waals surface area contributed by atoms with Crippen LogP contribution in [0.15, 0.2) is 94.6 Å². The molecular weight excluding hydrogens is 472 g/mol. The lowest BCUT2D eigenvalue weighted by atomic mass is 10.1. The molecule has 0 spiro atoms. The van der Waals surface area contributed by atoms with Crippen LogP contribution in [0, 0.1) is 0 Å². The molecule has 7 nitrogen and oxygen atoms in total. The van der Waals surface area contributed by atoms with Gasteiger partial charge in [-0.25, -0.2) is 9.78 Å². The summed E-state index contributed by atoms with van der Waals surface area (Å²) < 4.78 is 10.8. The van der Waals surface area contributed by atoms with Crippen LogP contribution in [-0.4, -0.2) is 33.2 Å². The summed E-state index contributed by atoms with van der Waals surface area (Å²) in [5.41, 5.74) is 5.89.